The van der Waals surface area contributed by atoms with Gasteiger partial charge in [-0.25, -0.2) is 10.8 Å². The topological polar surface area (TPSA) is 80.0 Å². The zero-order valence-corrected chi connectivity index (χ0v) is 12.3. The molecule has 1 aliphatic carbocycles. The number of carbonyl (C=O) groups excluding carboxylic acids is 1. The molecule has 1 aromatic rings. The van der Waals surface area contributed by atoms with Crippen molar-refractivity contribution in [2.75, 3.05) is 12.0 Å². The normalized spacial score (nSPS) is 16.4. The summed E-state index contributed by atoms with van der Waals surface area (Å²) < 4.78 is 0. The summed E-state index contributed by atoms with van der Waals surface area (Å²) in [5, 5.41) is 3.03. The van der Waals surface area contributed by atoms with Crippen molar-refractivity contribution in [1.29, 1.82) is 0 Å². The zero-order valence-electron chi connectivity index (χ0n) is 12.3. The van der Waals surface area contributed by atoms with Gasteiger partial charge in [0.2, 0.25) is 0 Å². The smallest absolute Gasteiger partial charge is 0.251 e. The lowest BCUT2D eigenvalue weighted by molar-refractivity contribution is 0.0890. The monoisotopic (exact) mass is 276 g/mol. The lowest BCUT2D eigenvalue weighted by Gasteiger charge is -2.38. The first kappa shape index (κ1) is 14.8. The summed E-state index contributed by atoms with van der Waals surface area (Å²) in [5.74, 6) is 5.90. The predicted octanol–water partition coefficient (Wildman–Crippen LogP) is 2.24. The highest BCUT2D eigenvalue weighted by Crippen LogP contribution is 2.39. The van der Waals surface area contributed by atoms with Gasteiger partial charge in [-0.05, 0) is 36.8 Å². The fourth-order valence-electron chi connectivity index (χ4n) is 2.53. The molecule has 1 aliphatic rings. The molecule has 0 saturated heterocycles. The number of amides is 1. The van der Waals surface area contributed by atoms with Crippen LogP contribution in [-0.4, -0.2) is 17.4 Å². The number of carbonyl (C=O) groups is 1. The van der Waals surface area contributed by atoms with Crippen molar-refractivity contribution >= 4 is 11.7 Å². The Labute approximate surface area is 120 Å². The van der Waals surface area contributed by atoms with Crippen molar-refractivity contribution in [2.45, 2.75) is 46.0 Å². The van der Waals surface area contributed by atoms with Crippen molar-refractivity contribution in [1.82, 2.24) is 10.3 Å². The van der Waals surface area contributed by atoms with Crippen molar-refractivity contribution in [3.8, 4) is 0 Å². The van der Waals surface area contributed by atoms with Crippen LogP contribution in [0, 0.1) is 5.41 Å². The van der Waals surface area contributed by atoms with Crippen LogP contribution in [0.15, 0.2) is 12.1 Å². The van der Waals surface area contributed by atoms with Gasteiger partial charge in [-0.3, -0.25) is 4.79 Å². The molecule has 5 nitrogen and oxygen atoms in total. The molecule has 4 N–H and O–H groups in total. The number of nitrogen functional groups attached to an aromatic ring is 1. The van der Waals surface area contributed by atoms with E-state index in [0.29, 0.717) is 11.4 Å². The molecule has 20 heavy (non-hydrogen) atoms. The number of nitrogens with two attached hydrogens (primary N) is 1. The standard InChI is InChI=1S/C15H24N4O/c1-3-5-12-8-11(9-13(18-12)19-16)14(20)17-10-15(2)6-4-7-15/h8-9H,3-7,10,16H2,1-2H3,(H,17,20)(H,18,19). The highest BCUT2D eigenvalue weighted by atomic mass is 16.1. The minimum Gasteiger partial charge on any atom is -0.351 e. The van der Waals surface area contributed by atoms with E-state index in [0.717, 1.165) is 25.1 Å². The van der Waals surface area contributed by atoms with Crippen LogP contribution in [-0.2, 0) is 6.42 Å². The van der Waals surface area contributed by atoms with Gasteiger partial charge in [-0.1, -0.05) is 26.7 Å². The summed E-state index contributed by atoms with van der Waals surface area (Å²) in [6.45, 7) is 5.04. The van der Waals surface area contributed by atoms with Gasteiger partial charge in [-0.15, -0.1) is 0 Å². The first-order valence-corrected chi connectivity index (χ1v) is 7.32. The Morgan fingerprint density at radius 2 is 2.20 bits per heavy atom. The summed E-state index contributed by atoms with van der Waals surface area (Å²) in [7, 11) is 0. The van der Waals surface area contributed by atoms with Gasteiger partial charge in [0.15, 0.2) is 0 Å². The minimum absolute atomic E-state index is 0.0469. The van der Waals surface area contributed by atoms with Crippen molar-refractivity contribution in [3.63, 3.8) is 0 Å². The Bertz CT molecular complexity index is 483. The first-order valence-electron chi connectivity index (χ1n) is 7.32. The average Bonchev–Trinajstić information content (AvgIpc) is 2.42. The molecule has 110 valence electrons. The summed E-state index contributed by atoms with van der Waals surface area (Å²) in [6, 6.07) is 3.54. The number of pyridine rings is 1. The van der Waals surface area contributed by atoms with E-state index in [2.05, 4.69) is 29.6 Å². The molecule has 1 amide bonds. The van der Waals surface area contributed by atoms with Crippen LogP contribution < -0.4 is 16.6 Å². The number of hydrazine groups is 1. The van der Waals surface area contributed by atoms with Crippen LogP contribution in [0.5, 0.6) is 0 Å². The highest BCUT2D eigenvalue weighted by molar-refractivity contribution is 5.95. The molecule has 0 aromatic carbocycles. The van der Waals surface area contributed by atoms with Crippen molar-refractivity contribution in [3.05, 3.63) is 23.4 Å². The van der Waals surface area contributed by atoms with Crippen molar-refractivity contribution in [2.24, 2.45) is 11.3 Å². The van der Waals surface area contributed by atoms with Crippen LogP contribution in [0.4, 0.5) is 5.82 Å². The maximum Gasteiger partial charge on any atom is 0.251 e. The van der Waals surface area contributed by atoms with Crippen molar-refractivity contribution < 1.29 is 4.79 Å². The van der Waals surface area contributed by atoms with Gasteiger partial charge < -0.3 is 10.7 Å². The van der Waals surface area contributed by atoms with E-state index in [-0.39, 0.29) is 11.3 Å². The Balaban J connectivity index is 2.05. The van der Waals surface area contributed by atoms with E-state index < -0.39 is 0 Å². The van der Waals surface area contributed by atoms with Crippen LogP contribution in [0.25, 0.3) is 0 Å². The van der Waals surface area contributed by atoms with E-state index >= 15 is 0 Å². The van der Waals surface area contributed by atoms with Gasteiger partial charge in [0.1, 0.15) is 5.82 Å². The SMILES string of the molecule is CCCc1cc(C(=O)NCC2(C)CCC2)cc(NN)n1. The molecular weight excluding hydrogens is 252 g/mol. The number of aryl methyl sites for hydroxylation is 1. The Hall–Kier alpha value is -1.62. The molecule has 0 radical (unpaired) electrons. The number of hydrogen-bond donors (Lipinski definition) is 3. The predicted molar refractivity (Wildman–Crippen MR) is 80.3 cm³/mol. The zero-order chi connectivity index (χ0) is 14.6. The van der Waals surface area contributed by atoms with Gasteiger partial charge in [-0.2, -0.15) is 0 Å². The van der Waals surface area contributed by atoms with Gasteiger partial charge in [0.25, 0.3) is 5.91 Å². The second-order valence-electron chi connectivity index (χ2n) is 5.97. The highest BCUT2D eigenvalue weighted by Gasteiger charge is 2.31. The molecule has 1 fully saturated rings. The van der Waals surface area contributed by atoms with Crippen LogP contribution in [0.1, 0.15) is 55.6 Å². The Morgan fingerprint density at radius 1 is 1.45 bits per heavy atom. The van der Waals surface area contributed by atoms with E-state index in [1.54, 1.807) is 6.07 Å². The number of nitrogens with zero attached hydrogens (tertiary/aromatic N) is 1. The third-order valence-electron chi connectivity index (χ3n) is 4.03. The van der Waals surface area contributed by atoms with Gasteiger partial charge in [0, 0.05) is 17.8 Å². The fourth-order valence-corrected chi connectivity index (χ4v) is 2.53. The molecule has 0 atom stereocenters. The molecule has 0 aliphatic heterocycles. The summed E-state index contributed by atoms with van der Waals surface area (Å²) >= 11 is 0. The molecule has 2 rings (SSSR count). The fraction of sp³-hybridized carbons (Fsp3) is 0.600. The van der Waals surface area contributed by atoms with Gasteiger partial charge >= 0.3 is 0 Å². The second kappa shape index (κ2) is 6.22. The van der Waals surface area contributed by atoms with Crippen LogP contribution >= 0.6 is 0 Å². The molecule has 0 unspecified atom stereocenters. The molecule has 0 bridgehead atoms. The largest absolute Gasteiger partial charge is 0.351 e. The third kappa shape index (κ3) is 3.48. The lowest BCUT2D eigenvalue weighted by Crippen LogP contribution is -2.40. The first-order chi connectivity index (χ1) is 9.56. The van der Waals surface area contributed by atoms with Crippen LogP contribution in [0.2, 0.25) is 0 Å². The van der Waals surface area contributed by atoms with Crippen LogP contribution in [0.3, 0.4) is 0 Å². The second-order valence-corrected chi connectivity index (χ2v) is 5.97. The third-order valence-corrected chi connectivity index (χ3v) is 4.03. The Kier molecular flexibility index (Phi) is 4.60. The maximum atomic E-state index is 12.2. The number of aromatic nitrogens is 1. The maximum absolute atomic E-state index is 12.2. The lowest BCUT2D eigenvalue weighted by atomic mass is 9.70. The van der Waals surface area contributed by atoms with E-state index in [9.17, 15) is 4.79 Å². The summed E-state index contributed by atoms with van der Waals surface area (Å²) in [4.78, 5) is 16.6. The number of anilines is 1. The molecule has 1 saturated carbocycles. The average molecular weight is 276 g/mol. The minimum atomic E-state index is -0.0469. The number of nitrogens with one attached hydrogen (secondary N) is 2. The quantitative estimate of drug-likeness (QED) is 0.550. The van der Waals surface area contributed by atoms with Gasteiger partial charge in [0.05, 0.1) is 0 Å². The molecular formula is C15H24N4O. The molecule has 1 heterocycles. The summed E-state index contributed by atoms with van der Waals surface area (Å²) in [5.41, 5.74) is 4.32. The molecule has 5 heteroatoms. The Morgan fingerprint density at radius 3 is 2.75 bits per heavy atom. The molecule has 0 spiro atoms. The number of rotatable bonds is 6. The number of hydrogen-bond acceptors (Lipinski definition) is 4. The van der Waals surface area contributed by atoms with E-state index in [1.807, 2.05) is 6.07 Å². The summed E-state index contributed by atoms with van der Waals surface area (Å²) in [6.07, 6.45) is 5.48. The molecule has 1 aromatic heterocycles. The van der Waals surface area contributed by atoms with E-state index in [4.69, 9.17) is 5.84 Å². The van der Waals surface area contributed by atoms with E-state index in [1.165, 1.54) is 19.3 Å².